The van der Waals surface area contributed by atoms with Gasteiger partial charge in [-0.15, -0.1) is 0 Å². The van der Waals surface area contributed by atoms with Gasteiger partial charge in [-0.05, 0) is 31.4 Å². The van der Waals surface area contributed by atoms with Crippen LogP contribution in [-0.2, 0) is 21.4 Å². The molecule has 2 aromatic carbocycles. The molecule has 1 aliphatic rings. The molecule has 2 amide bonds. The smallest absolute Gasteiger partial charge is 0.300 e. The predicted octanol–water partition coefficient (Wildman–Crippen LogP) is 3.63. The molecule has 1 saturated heterocycles. The van der Waals surface area contributed by atoms with E-state index >= 15 is 0 Å². The first-order valence-electron chi connectivity index (χ1n) is 9.46. The number of aliphatic carboxylic acids is 1. The van der Waals surface area contributed by atoms with E-state index in [1.54, 1.807) is 4.68 Å². The van der Waals surface area contributed by atoms with E-state index < -0.39 is 5.97 Å². The number of amides is 2. The maximum atomic E-state index is 13.0. The third-order valence-electron chi connectivity index (χ3n) is 4.96. The molecule has 0 aliphatic carbocycles. The molecule has 1 aliphatic heterocycles. The van der Waals surface area contributed by atoms with Crippen molar-refractivity contribution in [3.05, 3.63) is 65.0 Å². The number of hydrogen-bond acceptors (Lipinski definition) is 4. The van der Waals surface area contributed by atoms with Gasteiger partial charge in [-0.1, -0.05) is 36.4 Å². The first-order chi connectivity index (χ1) is 14.2. The number of carbonyl (C=O) groups excluding carboxylic acids is 2. The summed E-state index contributed by atoms with van der Waals surface area (Å²) >= 11 is 0. The second-order valence-electron chi connectivity index (χ2n) is 7.11. The number of carboxylic acids is 1. The van der Waals surface area contributed by atoms with E-state index in [-0.39, 0.29) is 18.2 Å². The molecule has 0 saturated carbocycles. The van der Waals surface area contributed by atoms with E-state index in [0.717, 1.165) is 34.6 Å². The van der Waals surface area contributed by atoms with Gasteiger partial charge < -0.3 is 5.11 Å². The zero-order chi connectivity index (χ0) is 22.0. The summed E-state index contributed by atoms with van der Waals surface area (Å²) in [6, 6.07) is 13.4. The van der Waals surface area contributed by atoms with Crippen LogP contribution in [0, 0.1) is 13.8 Å². The lowest BCUT2D eigenvalue weighted by molar-refractivity contribution is -0.134. The molecule has 1 fully saturated rings. The standard InChI is InChI=1S/C21H19N3O2.C2H4O2/c1-13-18(14(2)23(3)22-13)11-16-12-20(25)24(21(16)26)19-10-6-8-15-7-4-5-9-17(15)19;1-2(3)4/h4-11H,12H2,1-3H3;1H3,(H,3,4). The van der Waals surface area contributed by atoms with Crippen molar-refractivity contribution in [2.24, 2.45) is 7.05 Å². The van der Waals surface area contributed by atoms with Crippen LogP contribution < -0.4 is 4.90 Å². The van der Waals surface area contributed by atoms with E-state index in [9.17, 15) is 9.59 Å². The average Bonchev–Trinajstić information content (AvgIpc) is 3.10. The minimum Gasteiger partial charge on any atom is -0.481 e. The van der Waals surface area contributed by atoms with Crippen molar-refractivity contribution < 1.29 is 19.5 Å². The summed E-state index contributed by atoms with van der Waals surface area (Å²) in [5, 5.41) is 13.7. The van der Waals surface area contributed by atoms with Gasteiger partial charge in [0.2, 0.25) is 5.91 Å². The van der Waals surface area contributed by atoms with Crippen LogP contribution in [0.15, 0.2) is 48.0 Å². The lowest BCUT2D eigenvalue weighted by atomic mass is 10.1. The highest BCUT2D eigenvalue weighted by Crippen LogP contribution is 2.33. The second kappa shape index (κ2) is 8.32. The van der Waals surface area contributed by atoms with Crippen LogP contribution in [0.5, 0.6) is 0 Å². The Balaban J connectivity index is 0.000000589. The number of anilines is 1. The molecule has 154 valence electrons. The first kappa shape index (κ1) is 21.0. The van der Waals surface area contributed by atoms with Crippen molar-refractivity contribution >= 4 is 40.3 Å². The van der Waals surface area contributed by atoms with E-state index in [2.05, 4.69) is 5.10 Å². The molecule has 0 spiro atoms. The number of benzene rings is 2. The summed E-state index contributed by atoms with van der Waals surface area (Å²) in [5.74, 6) is -1.29. The lowest BCUT2D eigenvalue weighted by Gasteiger charge is -2.16. The molecule has 7 heteroatoms. The van der Waals surface area contributed by atoms with E-state index in [1.807, 2.05) is 69.4 Å². The maximum absolute atomic E-state index is 13.0. The Labute approximate surface area is 174 Å². The highest BCUT2D eigenvalue weighted by atomic mass is 16.4. The molecule has 0 unspecified atom stereocenters. The highest BCUT2D eigenvalue weighted by Gasteiger charge is 2.36. The number of imide groups is 1. The van der Waals surface area contributed by atoms with Gasteiger partial charge >= 0.3 is 0 Å². The van der Waals surface area contributed by atoms with Crippen molar-refractivity contribution in [2.75, 3.05) is 4.90 Å². The largest absolute Gasteiger partial charge is 0.481 e. The van der Waals surface area contributed by atoms with E-state index in [0.29, 0.717) is 11.3 Å². The van der Waals surface area contributed by atoms with Gasteiger partial charge in [-0.2, -0.15) is 5.10 Å². The number of aromatic nitrogens is 2. The van der Waals surface area contributed by atoms with Gasteiger partial charge in [-0.3, -0.25) is 19.1 Å². The monoisotopic (exact) mass is 405 g/mol. The molecule has 2 heterocycles. The predicted molar refractivity (Wildman–Crippen MR) is 115 cm³/mol. The SMILES string of the molecule is CC(=O)O.Cc1nn(C)c(C)c1C=C1CC(=O)N(c2cccc3ccccc23)C1=O. The molecule has 30 heavy (non-hydrogen) atoms. The molecule has 0 bridgehead atoms. The molecule has 1 N–H and O–H groups in total. The zero-order valence-corrected chi connectivity index (χ0v) is 17.3. The quantitative estimate of drug-likeness (QED) is 0.519. The normalized spacial score (nSPS) is 14.9. The van der Waals surface area contributed by atoms with Gasteiger partial charge in [0.25, 0.3) is 11.9 Å². The van der Waals surface area contributed by atoms with Gasteiger partial charge in [-0.25, -0.2) is 4.90 Å². The Kier molecular flexibility index (Phi) is 5.82. The number of carboxylic acid groups (broad SMARTS) is 1. The lowest BCUT2D eigenvalue weighted by Crippen LogP contribution is -2.29. The van der Waals surface area contributed by atoms with Crippen LogP contribution in [0.3, 0.4) is 0 Å². The molecule has 1 aromatic heterocycles. The Morgan fingerprint density at radius 3 is 2.37 bits per heavy atom. The number of carbonyl (C=O) groups is 3. The number of hydrogen-bond donors (Lipinski definition) is 1. The zero-order valence-electron chi connectivity index (χ0n) is 17.3. The van der Waals surface area contributed by atoms with Crippen LogP contribution >= 0.6 is 0 Å². The van der Waals surface area contributed by atoms with Crippen molar-refractivity contribution in [1.82, 2.24) is 9.78 Å². The van der Waals surface area contributed by atoms with Crippen LogP contribution in [0.1, 0.15) is 30.3 Å². The summed E-state index contributed by atoms with van der Waals surface area (Å²) in [7, 11) is 1.87. The summed E-state index contributed by atoms with van der Waals surface area (Å²) in [6.07, 6.45) is 1.92. The molecule has 7 nitrogen and oxygen atoms in total. The van der Waals surface area contributed by atoms with Crippen molar-refractivity contribution in [3.63, 3.8) is 0 Å². The Hall–Kier alpha value is -3.74. The van der Waals surface area contributed by atoms with Crippen LogP contribution in [0.2, 0.25) is 0 Å². The second-order valence-corrected chi connectivity index (χ2v) is 7.11. The fraction of sp³-hybridized carbons (Fsp3) is 0.217. The van der Waals surface area contributed by atoms with Crippen LogP contribution in [0.4, 0.5) is 5.69 Å². The third-order valence-corrected chi connectivity index (χ3v) is 4.96. The summed E-state index contributed by atoms with van der Waals surface area (Å²) in [4.78, 5) is 36.0. The maximum Gasteiger partial charge on any atom is 0.300 e. The Morgan fingerprint density at radius 2 is 1.73 bits per heavy atom. The van der Waals surface area contributed by atoms with Gasteiger partial charge in [0.05, 0.1) is 17.8 Å². The van der Waals surface area contributed by atoms with Gasteiger partial charge in [0, 0.05) is 36.2 Å². The minimum atomic E-state index is -0.833. The molecule has 4 rings (SSSR count). The molecule has 0 atom stereocenters. The Morgan fingerprint density at radius 1 is 1.10 bits per heavy atom. The minimum absolute atomic E-state index is 0.107. The molecular weight excluding hydrogens is 382 g/mol. The first-order valence-corrected chi connectivity index (χ1v) is 9.46. The topological polar surface area (TPSA) is 92.5 Å². The highest BCUT2D eigenvalue weighted by molar-refractivity contribution is 6.31. The fourth-order valence-electron chi connectivity index (χ4n) is 3.51. The molecule has 3 aromatic rings. The number of rotatable bonds is 2. The summed E-state index contributed by atoms with van der Waals surface area (Å²) < 4.78 is 1.78. The van der Waals surface area contributed by atoms with Crippen molar-refractivity contribution in [2.45, 2.75) is 27.2 Å². The molecular formula is C23H23N3O4. The van der Waals surface area contributed by atoms with Crippen molar-refractivity contribution in [1.29, 1.82) is 0 Å². The van der Waals surface area contributed by atoms with Crippen LogP contribution in [-0.4, -0.2) is 32.7 Å². The fourth-order valence-corrected chi connectivity index (χ4v) is 3.51. The van der Waals surface area contributed by atoms with Gasteiger partial charge in [0.1, 0.15) is 0 Å². The Bertz CT molecular complexity index is 1180. The molecule has 0 radical (unpaired) electrons. The number of fused-ring (bicyclic) bond motifs is 1. The number of nitrogens with zero attached hydrogens (tertiary/aromatic N) is 3. The van der Waals surface area contributed by atoms with Crippen molar-refractivity contribution in [3.8, 4) is 0 Å². The summed E-state index contributed by atoms with van der Waals surface area (Å²) in [6.45, 7) is 4.94. The number of aryl methyl sites for hydroxylation is 2. The van der Waals surface area contributed by atoms with Gasteiger partial charge in [0.15, 0.2) is 0 Å². The van der Waals surface area contributed by atoms with E-state index in [1.165, 1.54) is 4.90 Å². The van der Waals surface area contributed by atoms with Crippen LogP contribution in [0.25, 0.3) is 16.8 Å². The van der Waals surface area contributed by atoms with E-state index in [4.69, 9.17) is 9.90 Å². The third kappa shape index (κ3) is 4.00. The average molecular weight is 405 g/mol. The summed E-state index contributed by atoms with van der Waals surface area (Å²) in [5.41, 5.74) is 3.87.